The number of aromatic nitrogens is 2. The molecule has 1 aromatic heterocycles. The van der Waals surface area contributed by atoms with Crippen molar-refractivity contribution in [3.05, 3.63) is 47.2 Å². The minimum atomic E-state index is 0.543. The van der Waals surface area contributed by atoms with Crippen molar-refractivity contribution in [2.75, 3.05) is 19.8 Å². The molecule has 124 valence electrons. The summed E-state index contributed by atoms with van der Waals surface area (Å²) in [5, 5.41) is 0.745. The van der Waals surface area contributed by atoms with Gasteiger partial charge in [0.15, 0.2) is 11.5 Å². The van der Waals surface area contributed by atoms with E-state index in [2.05, 4.69) is 9.55 Å². The van der Waals surface area contributed by atoms with Crippen LogP contribution in [0.5, 0.6) is 17.2 Å². The maximum absolute atomic E-state index is 6.03. The van der Waals surface area contributed by atoms with Gasteiger partial charge in [-0.15, -0.1) is 0 Å². The van der Waals surface area contributed by atoms with Crippen molar-refractivity contribution in [3.63, 3.8) is 0 Å². The third-order valence-corrected chi connectivity index (χ3v) is 4.44. The fourth-order valence-corrected chi connectivity index (χ4v) is 2.86. The van der Waals surface area contributed by atoms with E-state index in [1.807, 2.05) is 43.6 Å². The molecule has 0 fully saturated rings. The lowest BCUT2D eigenvalue weighted by Gasteiger charge is -2.18. The second-order valence-corrected chi connectivity index (χ2v) is 6.09. The summed E-state index contributed by atoms with van der Waals surface area (Å²) in [7, 11) is 0. The van der Waals surface area contributed by atoms with E-state index in [4.69, 9.17) is 25.8 Å². The van der Waals surface area contributed by atoms with Crippen LogP contribution in [-0.4, -0.2) is 29.4 Å². The van der Waals surface area contributed by atoms with E-state index in [1.165, 1.54) is 0 Å². The number of hydrogen-bond donors (Lipinski definition) is 0. The van der Waals surface area contributed by atoms with Gasteiger partial charge in [0.05, 0.1) is 23.9 Å². The zero-order chi connectivity index (χ0) is 16.5. The molecule has 1 aliphatic heterocycles. The summed E-state index contributed by atoms with van der Waals surface area (Å²) in [6, 6.07) is 9.56. The molecule has 0 radical (unpaired) electrons. The number of halogens is 1. The van der Waals surface area contributed by atoms with Crippen LogP contribution in [0.2, 0.25) is 5.02 Å². The minimum absolute atomic E-state index is 0.543. The Morgan fingerprint density at radius 2 is 1.96 bits per heavy atom. The van der Waals surface area contributed by atoms with Crippen molar-refractivity contribution in [2.45, 2.75) is 13.5 Å². The van der Waals surface area contributed by atoms with E-state index in [0.717, 1.165) is 38.9 Å². The van der Waals surface area contributed by atoms with Crippen LogP contribution >= 0.6 is 11.6 Å². The van der Waals surface area contributed by atoms with Gasteiger partial charge in [0.1, 0.15) is 25.6 Å². The zero-order valence-corrected chi connectivity index (χ0v) is 14.0. The van der Waals surface area contributed by atoms with Gasteiger partial charge in [-0.2, -0.15) is 0 Å². The Kier molecular flexibility index (Phi) is 3.94. The fourth-order valence-electron chi connectivity index (χ4n) is 2.74. The summed E-state index contributed by atoms with van der Waals surface area (Å²) in [5.74, 6) is 2.34. The second kappa shape index (κ2) is 6.24. The van der Waals surface area contributed by atoms with Crippen molar-refractivity contribution in [3.8, 4) is 17.2 Å². The number of benzene rings is 2. The van der Waals surface area contributed by atoms with E-state index in [1.54, 1.807) is 0 Å². The molecule has 2 heterocycles. The highest BCUT2D eigenvalue weighted by Crippen LogP contribution is 2.34. The zero-order valence-electron chi connectivity index (χ0n) is 13.3. The third-order valence-electron chi connectivity index (χ3n) is 4.02. The van der Waals surface area contributed by atoms with Crippen molar-refractivity contribution in [1.82, 2.24) is 9.55 Å². The molecule has 0 spiro atoms. The largest absolute Gasteiger partial charge is 0.492 e. The number of ether oxygens (including phenoxy) is 3. The molecule has 2 aromatic carbocycles. The first-order chi connectivity index (χ1) is 11.7. The Labute approximate surface area is 144 Å². The van der Waals surface area contributed by atoms with Gasteiger partial charge in [-0.05, 0) is 30.7 Å². The maximum Gasteiger partial charge on any atom is 0.163 e. The maximum atomic E-state index is 6.03. The van der Waals surface area contributed by atoms with Gasteiger partial charge >= 0.3 is 0 Å². The summed E-state index contributed by atoms with van der Waals surface area (Å²) in [6.07, 6.45) is 1.81. The number of fused-ring (bicyclic) bond motifs is 2. The van der Waals surface area contributed by atoms with Crippen molar-refractivity contribution < 1.29 is 14.2 Å². The Bertz CT molecular complexity index is 891. The third kappa shape index (κ3) is 2.87. The molecule has 0 unspecified atom stereocenters. The first kappa shape index (κ1) is 15.1. The van der Waals surface area contributed by atoms with Crippen LogP contribution in [0.3, 0.4) is 0 Å². The normalized spacial score (nSPS) is 13.2. The molecular formula is C18H17ClN2O3. The molecule has 5 nitrogen and oxygen atoms in total. The quantitative estimate of drug-likeness (QED) is 0.721. The van der Waals surface area contributed by atoms with E-state index in [9.17, 15) is 0 Å². The average Bonchev–Trinajstić information content (AvgIpc) is 2.98. The number of rotatable bonds is 4. The number of nitrogens with zero attached hydrogens (tertiary/aromatic N) is 2. The van der Waals surface area contributed by atoms with Crippen LogP contribution in [0.1, 0.15) is 5.56 Å². The van der Waals surface area contributed by atoms with E-state index < -0.39 is 0 Å². The van der Waals surface area contributed by atoms with Crippen LogP contribution in [0.15, 0.2) is 36.7 Å². The topological polar surface area (TPSA) is 45.5 Å². The van der Waals surface area contributed by atoms with Crippen molar-refractivity contribution >= 4 is 22.6 Å². The number of imidazole rings is 1. The molecule has 0 amide bonds. The van der Waals surface area contributed by atoms with Gasteiger partial charge < -0.3 is 18.8 Å². The summed E-state index contributed by atoms with van der Waals surface area (Å²) >= 11 is 6.03. The molecule has 3 aromatic rings. The summed E-state index contributed by atoms with van der Waals surface area (Å²) in [4.78, 5) is 4.43. The fraction of sp³-hybridized carbons (Fsp3) is 0.278. The number of hydrogen-bond acceptors (Lipinski definition) is 4. The minimum Gasteiger partial charge on any atom is -0.492 e. The van der Waals surface area contributed by atoms with Crippen molar-refractivity contribution in [1.29, 1.82) is 0 Å². The Morgan fingerprint density at radius 3 is 2.75 bits per heavy atom. The van der Waals surface area contributed by atoms with Gasteiger partial charge in [0.25, 0.3) is 0 Å². The first-order valence-corrected chi connectivity index (χ1v) is 8.22. The van der Waals surface area contributed by atoms with Gasteiger partial charge in [-0.25, -0.2) is 4.98 Å². The Hall–Kier alpha value is -2.40. The monoisotopic (exact) mass is 344 g/mol. The van der Waals surface area contributed by atoms with Crippen LogP contribution in [0, 0.1) is 6.92 Å². The predicted octanol–water partition coefficient (Wildman–Crippen LogP) is 3.85. The molecule has 4 rings (SSSR count). The van der Waals surface area contributed by atoms with Crippen LogP contribution in [0.4, 0.5) is 0 Å². The molecule has 0 saturated heterocycles. The SMILES string of the molecule is Cc1cc(OCCn2cnc3cc4c(cc32)OCCO4)ccc1Cl. The lowest BCUT2D eigenvalue weighted by Crippen LogP contribution is -2.15. The molecule has 6 heteroatoms. The lowest BCUT2D eigenvalue weighted by atomic mass is 10.2. The first-order valence-electron chi connectivity index (χ1n) is 7.84. The molecule has 0 bridgehead atoms. The summed E-state index contributed by atoms with van der Waals surface area (Å²) in [6.45, 7) is 4.35. The molecule has 0 aliphatic carbocycles. The van der Waals surface area contributed by atoms with E-state index in [0.29, 0.717) is 26.4 Å². The predicted molar refractivity (Wildman–Crippen MR) is 92.4 cm³/mol. The molecule has 1 aliphatic rings. The highest BCUT2D eigenvalue weighted by atomic mass is 35.5. The van der Waals surface area contributed by atoms with Gasteiger partial charge in [-0.1, -0.05) is 11.6 Å². The van der Waals surface area contributed by atoms with Gasteiger partial charge in [-0.3, -0.25) is 0 Å². The van der Waals surface area contributed by atoms with Crippen LogP contribution < -0.4 is 14.2 Å². The average molecular weight is 345 g/mol. The molecular weight excluding hydrogens is 328 g/mol. The number of aryl methyl sites for hydroxylation is 1. The highest BCUT2D eigenvalue weighted by molar-refractivity contribution is 6.31. The molecule has 0 saturated carbocycles. The smallest absolute Gasteiger partial charge is 0.163 e. The Morgan fingerprint density at radius 1 is 1.17 bits per heavy atom. The second-order valence-electron chi connectivity index (χ2n) is 5.68. The highest BCUT2D eigenvalue weighted by Gasteiger charge is 2.15. The van der Waals surface area contributed by atoms with E-state index in [-0.39, 0.29) is 0 Å². The van der Waals surface area contributed by atoms with Gasteiger partial charge in [0, 0.05) is 17.2 Å². The molecule has 0 atom stereocenters. The lowest BCUT2D eigenvalue weighted by molar-refractivity contribution is 0.172. The standard InChI is InChI=1S/C18H17ClN2O3/c1-12-8-13(2-3-14(12)19)22-5-4-21-11-20-15-9-17-18(10-16(15)21)24-7-6-23-17/h2-3,8-11H,4-7H2,1H3. The van der Waals surface area contributed by atoms with Crippen molar-refractivity contribution in [2.24, 2.45) is 0 Å². The summed E-state index contributed by atoms with van der Waals surface area (Å²) < 4.78 is 19.1. The van der Waals surface area contributed by atoms with E-state index >= 15 is 0 Å². The molecule has 0 N–H and O–H groups in total. The van der Waals surface area contributed by atoms with Crippen LogP contribution in [0.25, 0.3) is 11.0 Å². The Balaban J connectivity index is 1.49. The summed E-state index contributed by atoms with van der Waals surface area (Å²) in [5.41, 5.74) is 2.91. The van der Waals surface area contributed by atoms with Gasteiger partial charge in [0.2, 0.25) is 0 Å². The van der Waals surface area contributed by atoms with Crippen LogP contribution in [-0.2, 0) is 6.54 Å². The molecule has 24 heavy (non-hydrogen) atoms.